The van der Waals surface area contributed by atoms with Crippen molar-refractivity contribution in [3.8, 4) is 0 Å². The van der Waals surface area contributed by atoms with Crippen molar-refractivity contribution in [2.75, 3.05) is 5.88 Å². The Labute approximate surface area is 131 Å². The number of benzene rings is 1. The van der Waals surface area contributed by atoms with Crippen LogP contribution in [0.4, 0.5) is 4.79 Å². The number of hydrogen-bond acceptors (Lipinski definition) is 3. The van der Waals surface area contributed by atoms with Gasteiger partial charge >= 0.3 is 6.09 Å². The number of amides is 1. The van der Waals surface area contributed by atoms with Gasteiger partial charge < -0.3 is 10.1 Å². The van der Waals surface area contributed by atoms with Gasteiger partial charge in [0.1, 0.15) is 5.60 Å². The summed E-state index contributed by atoms with van der Waals surface area (Å²) in [5.41, 5.74) is 0.939. The lowest BCUT2D eigenvalue weighted by Gasteiger charge is -2.19. The fourth-order valence-electron chi connectivity index (χ4n) is 1.37. The van der Waals surface area contributed by atoms with Gasteiger partial charge in [-0.3, -0.25) is 4.79 Å². The number of hydrogen-bond donors (Lipinski definition) is 1. The highest BCUT2D eigenvalue weighted by molar-refractivity contribution is 6.30. The molecule has 0 aliphatic rings. The monoisotopic (exact) mass is 313 g/mol. The molecular formula is C16H24ClNO3. The lowest BCUT2D eigenvalue weighted by molar-refractivity contribution is 0.0523. The molecule has 0 spiro atoms. The molecular weight excluding hydrogens is 290 g/mol. The zero-order chi connectivity index (χ0) is 16.5. The lowest BCUT2D eigenvalue weighted by atomic mass is 10.1. The smallest absolute Gasteiger partial charge is 0.407 e. The van der Waals surface area contributed by atoms with Crippen LogP contribution in [0.1, 0.15) is 50.5 Å². The fourth-order valence-corrected chi connectivity index (χ4v) is 1.53. The summed E-state index contributed by atoms with van der Waals surface area (Å²) >= 11 is 5.47. The molecule has 1 amide bonds. The van der Waals surface area contributed by atoms with Gasteiger partial charge in [-0.1, -0.05) is 38.1 Å². The van der Waals surface area contributed by atoms with E-state index in [1.54, 1.807) is 45.0 Å². The first-order valence-electron chi connectivity index (χ1n) is 6.97. The van der Waals surface area contributed by atoms with E-state index in [2.05, 4.69) is 5.32 Å². The van der Waals surface area contributed by atoms with Gasteiger partial charge in [0.15, 0.2) is 5.78 Å². The number of carbonyl (C=O) groups excluding carboxylic acids is 2. The van der Waals surface area contributed by atoms with E-state index in [4.69, 9.17) is 16.3 Å². The molecule has 0 fully saturated rings. The maximum absolute atomic E-state index is 11.4. The molecule has 5 heteroatoms. The van der Waals surface area contributed by atoms with Crippen molar-refractivity contribution in [3.63, 3.8) is 0 Å². The summed E-state index contributed by atoms with van der Waals surface area (Å²) in [7, 11) is 0. The molecule has 21 heavy (non-hydrogen) atoms. The Hall–Kier alpha value is -1.55. The van der Waals surface area contributed by atoms with Gasteiger partial charge in [0.25, 0.3) is 0 Å². The molecule has 1 aromatic carbocycles. The summed E-state index contributed by atoms with van der Waals surface area (Å²) in [6.45, 7) is 9.77. The molecule has 0 bridgehead atoms. The second kappa shape index (κ2) is 9.40. The quantitative estimate of drug-likeness (QED) is 0.671. The minimum atomic E-state index is -0.513. The Kier molecular flexibility index (Phi) is 8.70. The summed E-state index contributed by atoms with van der Waals surface area (Å²) < 4.78 is 5.12. The van der Waals surface area contributed by atoms with Crippen molar-refractivity contribution in [3.05, 3.63) is 35.4 Å². The zero-order valence-electron chi connectivity index (χ0n) is 13.3. The van der Waals surface area contributed by atoms with Crippen molar-refractivity contribution in [2.24, 2.45) is 0 Å². The number of Topliss-reactive ketones (excluding diaryl/α,β-unsaturated/α-hetero) is 1. The van der Waals surface area contributed by atoms with Crippen LogP contribution in [0.5, 0.6) is 0 Å². The van der Waals surface area contributed by atoms with E-state index in [0.717, 1.165) is 5.56 Å². The van der Waals surface area contributed by atoms with Crippen LogP contribution >= 0.6 is 11.6 Å². The largest absolute Gasteiger partial charge is 0.444 e. The van der Waals surface area contributed by atoms with Crippen molar-refractivity contribution < 1.29 is 14.3 Å². The Morgan fingerprint density at radius 2 is 1.67 bits per heavy atom. The molecule has 0 aromatic heterocycles. The van der Waals surface area contributed by atoms with Gasteiger partial charge in [0, 0.05) is 12.1 Å². The predicted octanol–water partition coefficient (Wildman–Crippen LogP) is 4.16. The molecule has 0 saturated heterocycles. The average Bonchev–Trinajstić information content (AvgIpc) is 2.45. The maximum atomic E-state index is 11.4. The molecule has 1 N–H and O–H groups in total. The minimum Gasteiger partial charge on any atom is -0.444 e. The van der Waals surface area contributed by atoms with Crippen LogP contribution in [0.2, 0.25) is 0 Å². The Balaban J connectivity index is 0.00000191. The van der Waals surface area contributed by atoms with E-state index >= 15 is 0 Å². The first-order chi connectivity index (χ1) is 9.81. The van der Waals surface area contributed by atoms with E-state index in [0.29, 0.717) is 12.1 Å². The van der Waals surface area contributed by atoms with Crippen LogP contribution < -0.4 is 5.32 Å². The normalized spacial score (nSPS) is 10.2. The highest BCUT2D eigenvalue weighted by Gasteiger charge is 2.15. The van der Waals surface area contributed by atoms with Crippen molar-refractivity contribution >= 4 is 23.5 Å². The minimum absolute atomic E-state index is 0.0322. The van der Waals surface area contributed by atoms with Gasteiger partial charge in [-0.25, -0.2) is 4.79 Å². The van der Waals surface area contributed by atoms with E-state index < -0.39 is 11.7 Å². The molecule has 0 aliphatic heterocycles. The highest BCUT2D eigenvalue weighted by Crippen LogP contribution is 2.08. The number of carbonyl (C=O) groups is 2. The molecule has 4 nitrogen and oxygen atoms in total. The van der Waals surface area contributed by atoms with Crippen molar-refractivity contribution in [2.45, 2.75) is 46.8 Å². The number of nitrogens with one attached hydrogen (secondary N) is 1. The third-order valence-corrected chi connectivity index (χ3v) is 2.48. The molecule has 0 unspecified atom stereocenters. The van der Waals surface area contributed by atoms with Gasteiger partial charge in [0.2, 0.25) is 0 Å². The van der Waals surface area contributed by atoms with Crippen molar-refractivity contribution in [1.29, 1.82) is 0 Å². The molecule has 0 atom stereocenters. The highest BCUT2D eigenvalue weighted by atomic mass is 35.5. The van der Waals surface area contributed by atoms with E-state index in [-0.39, 0.29) is 11.7 Å². The number of alkyl halides is 1. The first kappa shape index (κ1) is 19.4. The molecule has 0 aliphatic carbocycles. The molecule has 1 aromatic rings. The summed E-state index contributed by atoms with van der Waals surface area (Å²) in [4.78, 5) is 22.8. The molecule has 0 heterocycles. The van der Waals surface area contributed by atoms with E-state index in [1.807, 2.05) is 13.8 Å². The summed E-state index contributed by atoms with van der Waals surface area (Å²) in [5.74, 6) is -0.150. The van der Waals surface area contributed by atoms with Crippen LogP contribution in [-0.4, -0.2) is 23.4 Å². The van der Waals surface area contributed by atoms with Crippen LogP contribution in [0.3, 0.4) is 0 Å². The number of ether oxygens (including phenoxy) is 1. The number of ketones is 1. The third-order valence-electron chi connectivity index (χ3n) is 2.23. The average molecular weight is 314 g/mol. The van der Waals surface area contributed by atoms with Crippen molar-refractivity contribution in [1.82, 2.24) is 5.32 Å². The van der Waals surface area contributed by atoms with Gasteiger partial charge in [-0.05, 0) is 26.3 Å². The lowest BCUT2D eigenvalue weighted by Crippen LogP contribution is -2.32. The molecule has 1 rings (SSSR count). The van der Waals surface area contributed by atoms with E-state index in [9.17, 15) is 9.59 Å². The van der Waals surface area contributed by atoms with E-state index in [1.165, 1.54) is 0 Å². The molecule has 0 saturated carbocycles. The number of halogens is 1. The molecule has 118 valence electrons. The van der Waals surface area contributed by atoms with Gasteiger partial charge in [-0.15, -0.1) is 11.6 Å². The van der Waals surface area contributed by atoms with Gasteiger partial charge in [0.05, 0.1) is 5.88 Å². The van der Waals surface area contributed by atoms with Crippen LogP contribution in [0.15, 0.2) is 24.3 Å². The topological polar surface area (TPSA) is 55.4 Å². The summed E-state index contributed by atoms with van der Waals surface area (Å²) in [5, 5.41) is 2.65. The number of rotatable bonds is 4. The third kappa shape index (κ3) is 8.35. The maximum Gasteiger partial charge on any atom is 0.407 e. The molecule has 0 radical (unpaired) electrons. The second-order valence-electron chi connectivity index (χ2n) is 5.11. The second-order valence-corrected chi connectivity index (χ2v) is 5.38. The predicted molar refractivity (Wildman–Crippen MR) is 85.9 cm³/mol. The standard InChI is InChI=1S/C14H18ClNO3.C2H6/c1-14(2,3)19-13(18)16-9-10-4-6-11(7-5-10)12(17)8-15;1-2/h4-7H,8-9H2,1-3H3,(H,16,18);1-2H3. The Bertz CT molecular complexity index is 450. The Morgan fingerprint density at radius 1 is 1.14 bits per heavy atom. The zero-order valence-corrected chi connectivity index (χ0v) is 14.1. The van der Waals surface area contributed by atoms with Crippen LogP contribution in [-0.2, 0) is 11.3 Å². The van der Waals surface area contributed by atoms with Crippen LogP contribution in [0, 0.1) is 0 Å². The number of alkyl carbamates (subject to hydrolysis) is 1. The SMILES string of the molecule is CC.CC(C)(C)OC(=O)NCc1ccc(C(=O)CCl)cc1. The first-order valence-corrected chi connectivity index (χ1v) is 7.50. The fraction of sp³-hybridized carbons (Fsp3) is 0.500. The summed E-state index contributed by atoms with van der Waals surface area (Å²) in [6.07, 6.45) is -0.464. The van der Waals surface area contributed by atoms with Gasteiger partial charge in [-0.2, -0.15) is 0 Å². The Morgan fingerprint density at radius 3 is 2.10 bits per heavy atom. The van der Waals surface area contributed by atoms with Crippen LogP contribution in [0.25, 0.3) is 0 Å². The summed E-state index contributed by atoms with van der Waals surface area (Å²) in [6, 6.07) is 6.93.